The first-order chi connectivity index (χ1) is 24.6. The third-order valence-corrected chi connectivity index (χ3v) is 10.9. The Morgan fingerprint density at radius 2 is 1.90 bits per heavy atom. The number of aryl methyl sites for hydroxylation is 1. The quantitative estimate of drug-likeness (QED) is 0.0835. The number of thiophene rings is 1. The summed E-state index contributed by atoms with van der Waals surface area (Å²) in [6.45, 7) is 2.11. The summed E-state index contributed by atoms with van der Waals surface area (Å²) in [4.78, 5) is 54.7. The monoisotopic (exact) mass is 792 g/mol. The van der Waals surface area contributed by atoms with Gasteiger partial charge in [0.25, 0.3) is 0 Å². The van der Waals surface area contributed by atoms with E-state index in [1.165, 1.54) is 48.1 Å². The Balaban J connectivity index is 1.16. The van der Waals surface area contributed by atoms with Crippen LogP contribution < -0.4 is 15.0 Å². The highest BCUT2D eigenvalue weighted by Gasteiger charge is 2.39. The molecule has 4 atom stereocenters. The van der Waals surface area contributed by atoms with Crippen LogP contribution in [-0.4, -0.2) is 65.3 Å². The van der Waals surface area contributed by atoms with Gasteiger partial charge in [-0.3, -0.25) is 23.6 Å². The van der Waals surface area contributed by atoms with Crippen LogP contribution in [0.2, 0.25) is 5.02 Å². The van der Waals surface area contributed by atoms with Gasteiger partial charge in [-0.1, -0.05) is 29.8 Å². The topological polar surface area (TPSA) is 227 Å². The first-order valence-corrected chi connectivity index (χ1v) is 20.1. The van der Waals surface area contributed by atoms with Gasteiger partial charge < -0.3 is 19.3 Å². The number of benzene rings is 2. The molecule has 19 heteroatoms. The molecule has 1 aliphatic carbocycles. The number of hydrogen-bond acceptors (Lipinski definition) is 13. The summed E-state index contributed by atoms with van der Waals surface area (Å²) in [6, 6.07) is 12.7. The first kappa shape index (κ1) is 38.0. The average molecular weight is 793 g/mol. The number of phosphoric acid groups is 1. The largest absolute Gasteiger partial charge is 0.524 e. The molecule has 1 fully saturated rings. The van der Waals surface area contributed by atoms with Crippen molar-refractivity contribution in [2.75, 3.05) is 18.5 Å². The number of ketones is 1. The Morgan fingerprint density at radius 1 is 1.13 bits per heavy atom. The highest BCUT2D eigenvalue weighted by Crippen LogP contribution is 2.40. The molecule has 52 heavy (non-hydrogen) atoms. The highest BCUT2D eigenvalue weighted by atomic mass is 35.5. The van der Waals surface area contributed by atoms with Crippen LogP contribution in [0.3, 0.4) is 0 Å². The summed E-state index contributed by atoms with van der Waals surface area (Å²) in [6.07, 6.45) is 2.63. The van der Waals surface area contributed by atoms with Crippen LogP contribution in [-0.2, 0) is 46.2 Å². The van der Waals surface area contributed by atoms with Crippen LogP contribution in [0, 0.1) is 12.8 Å². The SMILES string of the molecule is Cc1sc(C(=O)c2cncnc2N[C@@H]2C[C@H](COS(N)(=O)=O)[C@@H](OC(=O)Cc3ccc(OP(=O)(O)O)cc3)C2)cc1C1OCCc2ccc(Cl)cc21. The molecule has 276 valence electrons. The van der Waals surface area contributed by atoms with Crippen molar-refractivity contribution in [1.82, 2.24) is 9.97 Å². The maximum atomic E-state index is 14.0. The summed E-state index contributed by atoms with van der Waals surface area (Å²) < 4.78 is 55.6. The number of anilines is 1. The lowest BCUT2D eigenvalue weighted by Crippen LogP contribution is -2.28. The number of carbonyl (C=O) groups is 2. The van der Waals surface area contributed by atoms with Crippen molar-refractivity contribution in [1.29, 1.82) is 0 Å². The number of aromatic nitrogens is 2. The molecule has 0 saturated heterocycles. The van der Waals surface area contributed by atoms with Gasteiger partial charge >= 0.3 is 24.1 Å². The number of hydrogen-bond donors (Lipinski definition) is 4. The standard InChI is InChI=1S/C33H34ClN4O11PS2/c1-18-25(32-26-12-22(34)5-4-20(26)8-9-46-32)14-29(51-18)31(40)27-15-36-17-37-33(27)38-23-11-21(16-47-52(35,44)45)28(13-23)48-30(39)10-19-2-6-24(7-3-19)49-50(41,42)43/h2-7,12,14-15,17,21,23,28,32H,8-11,13,16H2,1H3,(H2,35,44,45)(H,36,37,38)(H2,41,42,43)/t21-,23-,28+,32?/m1/s1. The van der Waals surface area contributed by atoms with Crippen molar-refractivity contribution in [3.8, 4) is 5.75 Å². The van der Waals surface area contributed by atoms with Gasteiger partial charge in [-0.05, 0) is 72.4 Å². The summed E-state index contributed by atoms with van der Waals surface area (Å²) in [7, 11) is -9.04. The molecule has 1 saturated carbocycles. The molecule has 5 N–H and O–H groups in total. The van der Waals surface area contributed by atoms with Crippen molar-refractivity contribution in [3.05, 3.63) is 104 Å². The normalized spacial score (nSPS) is 20.2. The Morgan fingerprint density at radius 3 is 2.63 bits per heavy atom. The zero-order chi connectivity index (χ0) is 37.2. The third kappa shape index (κ3) is 9.60. The van der Waals surface area contributed by atoms with E-state index < -0.39 is 42.2 Å². The van der Waals surface area contributed by atoms with Gasteiger partial charge in [-0.25, -0.2) is 19.7 Å². The van der Waals surface area contributed by atoms with Crippen molar-refractivity contribution >= 4 is 58.6 Å². The minimum absolute atomic E-state index is 0.0815. The summed E-state index contributed by atoms with van der Waals surface area (Å²) in [5.41, 5.74) is 3.67. The van der Waals surface area contributed by atoms with E-state index in [0.717, 1.165) is 28.0 Å². The number of nitrogens with one attached hydrogen (secondary N) is 1. The number of rotatable bonds is 13. The molecular weight excluding hydrogens is 759 g/mol. The lowest BCUT2D eigenvalue weighted by molar-refractivity contribution is -0.150. The molecule has 1 unspecified atom stereocenters. The van der Waals surface area contributed by atoms with Crippen LogP contribution in [0.5, 0.6) is 5.75 Å². The molecule has 1 aliphatic heterocycles. The molecule has 15 nitrogen and oxygen atoms in total. The number of fused-ring (bicyclic) bond motifs is 1. The maximum absolute atomic E-state index is 14.0. The number of esters is 1. The van der Waals surface area contributed by atoms with Gasteiger partial charge in [0.2, 0.25) is 5.78 Å². The molecular formula is C33H34ClN4O11PS2. The van der Waals surface area contributed by atoms with E-state index in [9.17, 15) is 22.6 Å². The second-order valence-corrected chi connectivity index (χ2v) is 16.4. The molecule has 2 aliphatic rings. The fraction of sp³-hybridized carbons (Fsp3) is 0.333. The molecule has 3 heterocycles. The van der Waals surface area contributed by atoms with Crippen LogP contribution in [0.1, 0.15) is 61.3 Å². The Labute approximate surface area is 307 Å². The second-order valence-electron chi connectivity index (χ2n) is 12.4. The number of nitrogens with two attached hydrogens (primary N) is 1. The summed E-state index contributed by atoms with van der Waals surface area (Å²) in [5.74, 6) is -1.36. The first-order valence-electron chi connectivity index (χ1n) is 15.9. The molecule has 0 bridgehead atoms. The highest BCUT2D eigenvalue weighted by molar-refractivity contribution is 7.84. The van der Waals surface area contributed by atoms with Crippen LogP contribution in [0.25, 0.3) is 0 Å². The minimum Gasteiger partial charge on any atom is -0.462 e. The zero-order valence-corrected chi connectivity index (χ0v) is 30.8. The van der Waals surface area contributed by atoms with Gasteiger partial charge in [0.15, 0.2) is 0 Å². The fourth-order valence-electron chi connectivity index (χ4n) is 6.37. The lowest BCUT2D eigenvalue weighted by atomic mass is 9.93. The van der Waals surface area contributed by atoms with E-state index in [2.05, 4.69) is 19.8 Å². The summed E-state index contributed by atoms with van der Waals surface area (Å²) >= 11 is 7.64. The summed E-state index contributed by atoms with van der Waals surface area (Å²) in [5, 5.41) is 8.93. The van der Waals surface area contributed by atoms with Crippen molar-refractivity contribution in [2.45, 2.75) is 50.9 Å². The number of nitrogens with zero attached hydrogens (tertiary/aromatic N) is 2. The third-order valence-electron chi connectivity index (χ3n) is 8.66. The van der Waals surface area contributed by atoms with Crippen molar-refractivity contribution in [2.24, 2.45) is 11.1 Å². The number of phosphoric ester groups is 1. The van der Waals surface area contributed by atoms with E-state index in [-0.39, 0.29) is 54.9 Å². The van der Waals surface area contributed by atoms with E-state index in [1.54, 1.807) is 0 Å². The maximum Gasteiger partial charge on any atom is 0.524 e. The molecule has 4 aromatic rings. The van der Waals surface area contributed by atoms with E-state index >= 15 is 0 Å². The number of carbonyl (C=O) groups excluding carboxylic acids is 2. The molecule has 2 aromatic heterocycles. The van der Waals surface area contributed by atoms with Crippen molar-refractivity contribution in [3.63, 3.8) is 0 Å². The minimum atomic E-state index is -4.75. The van der Waals surface area contributed by atoms with Gasteiger partial charge in [0.05, 0.1) is 30.1 Å². The van der Waals surface area contributed by atoms with E-state index in [0.29, 0.717) is 22.1 Å². The zero-order valence-electron chi connectivity index (χ0n) is 27.5. The van der Waals surface area contributed by atoms with Gasteiger partial charge in [-0.15, -0.1) is 11.3 Å². The molecule has 0 spiro atoms. The average Bonchev–Trinajstić information content (AvgIpc) is 3.65. The number of ether oxygens (including phenoxy) is 2. The van der Waals surface area contributed by atoms with E-state index in [1.807, 2.05) is 31.2 Å². The predicted octanol–water partition coefficient (Wildman–Crippen LogP) is 4.43. The van der Waals surface area contributed by atoms with Crippen molar-refractivity contribution < 1.29 is 50.5 Å². The lowest BCUT2D eigenvalue weighted by Gasteiger charge is -2.26. The van der Waals surface area contributed by atoms with Crippen LogP contribution in [0.15, 0.2) is 61.1 Å². The second kappa shape index (κ2) is 15.7. The van der Waals surface area contributed by atoms with Gasteiger partial charge in [0.1, 0.15) is 30.1 Å². The Hall–Kier alpha value is -3.77. The fourth-order valence-corrected chi connectivity index (χ4v) is 8.31. The van der Waals surface area contributed by atoms with Crippen LogP contribution >= 0.6 is 30.8 Å². The molecule has 0 radical (unpaired) electrons. The predicted molar refractivity (Wildman–Crippen MR) is 189 cm³/mol. The molecule has 0 amide bonds. The molecule has 2 aromatic carbocycles. The van der Waals surface area contributed by atoms with Crippen LogP contribution in [0.4, 0.5) is 5.82 Å². The Bertz CT molecular complexity index is 2130. The molecule has 6 rings (SSSR count). The van der Waals surface area contributed by atoms with Gasteiger partial charge in [-0.2, -0.15) is 8.42 Å². The van der Waals surface area contributed by atoms with E-state index in [4.69, 9.17) is 40.2 Å². The van der Waals surface area contributed by atoms with Gasteiger partial charge in [0, 0.05) is 34.5 Å². The smallest absolute Gasteiger partial charge is 0.462 e. The number of halogens is 1. The Kier molecular flexibility index (Phi) is 11.5.